The maximum absolute atomic E-state index is 12.1. The molecule has 0 bridgehead atoms. The van der Waals surface area contributed by atoms with Gasteiger partial charge in [0.15, 0.2) is 0 Å². The van der Waals surface area contributed by atoms with Gasteiger partial charge < -0.3 is 19.5 Å². The summed E-state index contributed by atoms with van der Waals surface area (Å²) in [4.78, 5) is 12.1. The van der Waals surface area contributed by atoms with Crippen molar-refractivity contribution in [2.24, 2.45) is 29.4 Å². The van der Waals surface area contributed by atoms with Gasteiger partial charge in [0.1, 0.15) is 18.2 Å². The second-order valence-electron chi connectivity index (χ2n) is 10.1. The van der Waals surface area contributed by atoms with E-state index in [9.17, 15) is 4.79 Å². The van der Waals surface area contributed by atoms with Crippen LogP contribution in [0, 0.1) is 23.7 Å². The average Bonchev–Trinajstić information content (AvgIpc) is 2.90. The van der Waals surface area contributed by atoms with Crippen molar-refractivity contribution < 1.29 is 29.6 Å². The van der Waals surface area contributed by atoms with Crippen LogP contribution in [0.1, 0.15) is 45.4 Å². The number of rotatable bonds is 4. The van der Waals surface area contributed by atoms with Crippen LogP contribution >= 0.6 is 0 Å². The SMILES string of the molecule is COC1CC2CC[C@@H](NC(C)=O)C3CC4[NH2+]C(N)[NH2+]C4CCC3C2C(OC)C1OC. The minimum atomic E-state index is -0.0477. The summed E-state index contributed by atoms with van der Waals surface area (Å²) in [6, 6.07) is 1.32. The van der Waals surface area contributed by atoms with Crippen molar-refractivity contribution in [3.8, 4) is 0 Å². The molecule has 8 heteroatoms. The first kappa shape index (κ1) is 22.4. The Morgan fingerprint density at radius 2 is 1.63 bits per heavy atom. The molecule has 7 N–H and O–H groups in total. The number of methoxy groups -OCH3 is 3. The third-order valence-corrected chi connectivity index (χ3v) is 8.66. The Hall–Kier alpha value is -0.770. The van der Waals surface area contributed by atoms with Gasteiger partial charge in [-0.2, -0.15) is 0 Å². The summed E-state index contributed by atoms with van der Waals surface area (Å²) in [7, 11) is 5.38. The van der Waals surface area contributed by atoms with Crippen molar-refractivity contribution in [3.05, 3.63) is 0 Å². The van der Waals surface area contributed by atoms with Gasteiger partial charge in [-0.05, 0) is 49.4 Å². The topological polar surface area (TPSA) is 116 Å². The highest BCUT2D eigenvalue weighted by Crippen LogP contribution is 2.50. The number of ether oxygens (including phenoxy) is 3. The Balaban J connectivity index is 1.68. The molecule has 0 spiro atoms. The lowest BCUT2D eigenvalue weighted by molar-refractivity contribution is -0.848. The summed E-state index contributed by atoms with van der Waals surface area (Å²) in [6.45, 7) is 1.65. The molecule has 1 amide bonds. The largest absolute Gasteiger partial charge is 0.379 e. The Bertz CT molecular complexity index is 608. The van der Waals surface area contributed by atoms with E-state index >= 15 is 0 Å². The summed E-state index contributed by atoms with van der Waals surface area (Å²) in [5, 5.41) is 8.02. The lowest BCUT2D eigenvalue weighted by Gasteiger charge is -2.48. The first-order valence-electron chi connectivity index (χ1n) is 11.8. The van der Waals surface area contributed by atoms with Gasteiger partial charge in [0.25, 0.3) is 6.29 Å². The highest BCUT2D eigenvalue weighted by atomic mass is 16.6. The van der Waals surface area contributed by atoms with Gasteiger partial charge in [0.05, 0.1) is 12.2 Å². The first-order chi connectivity index (χ1) is 14.5. The Labute approximate surface area is 180 Å². The van der Waals surface area contributed by atoms with Crippen molar-refractivity contribution in [2.45, 2.75) is 88.2 Å². The van der Waals surface area contributed by atoms with Gasteiger partial charge in [-0.3, -0.25) is 15.4 Å². The first-order valence-corrected chi connectivity index (χ1v) is 11.8. The second-order valence-corrected chi connectivity index (χ2v) is 10.1. The number of carbonyl (C=O) groups excluding carboxylic acids is 1. The quantitative estimate of drug-likeness (QED) is 0.437. The number of amides is 1. The van der Waals surface area contributed by atoms with Crippen molar-refractivity contribution >= 4 is 5.91 Å². The molecule has 0 aromatic rings. The predicted octanol–water partition coefficient (Wildman–Crippen LogP) is -1.50. The monoisotopic (exact) mass is 426 g/mol. The predicted molar refractivity (Wildman–Crippen MR) is 111 cm³/mol. The van der Waals surface area contributed by atoms with Crippen LogP contribution in [0.5, 0.6) is 0 Å². The third kappa shape index (κ3) is 4.14. The van der Waals surface area contributed by atoms with Crippen molar-refractivity contribution in [2.75, 3.05) is 21.3 Å². The highest BCUT2D eigenvalue weighted by molar-refractivity contribution is 5.73. The van der Waals surface area contributed by atoms with E-state index in [0.29, 0.717) is 35.8 Å². The minimum absolute atomic E-state index is 0.0236. The summed E-state index contributed by atoms with van der Waals surface area (Å²) in [5.41, 5.74) is 6.25. The Morgan fingerprint density at radius 1 is 0.900 bits per heavy atom. The molecular formula is C22H42N4O4+2. The number of hydrogen-bond acceptors (Lipinski definition) is 5. The molecule has 3 aliphatic carbocycles. The van der Waals surface area contributed by atoms with Crippen LogP contribution in [-0.2, 0) is 19.0 Å². The summed E-state index contributed by atoms with van der Waals surface area (Å²) < 4.78 is 17.9. The molecule has 0 aromatic heterocycles. The molecule has 0 radical (unpaired) electrons. The zero-order valence-corrected chi connectivity index (χ0v) is 19.0. The van der Waals surface area contributed by atoms with Crippen LogP contribution in [0.15, 0.2) is 0 Å². The maximum atomic E-state index is 12.1. The van der Waals surface area contributed by atoms with Gasteiger partial charge in [0, 0.05) is 47.1 Å². The van der Waals surface area contributed by atoms with E-state index in [2.05, 4.69) is 16.0 Å². The highest BCUT2D eigenvalue weighted by Gasteiger charge is 2.55. The summed E-state index contributed by atoms with van der Waals surface area (Å²) in [5.74, 6) is 2.01. The molecular weight excluding hydrogens is 384 g/mol. The van der Waals surface area contributed by atoms with Crippen LogP contribution in [0.3, 0.4) is 0 Å². The standard InChI is InChI=1S/C22H40N4O4/c1-11(27)24-15-7-5-12-9-18(28-2)20(29-3)21(30-4)19(12)13-6-8-16-17(10-14(13)15)26-22(23)25-16/h12-22,25-26H,5-10,23H2,1-4H3,(H,24,27)/p+2/t12?,13?,14?,15-,16?,17?,18?,19?,20?,21?,22?/m1/s1. The Kier molecular flexibility index (Phi) is 7.01. The summed E-state index contributed by atoms with van der Waals surface area (Å²) >= 11 is 0. The van der Waals surface area contributed by atoms with Gasteiger partial charge in [0.2, 0.25) is 5.91 Å². The molecule has 4 rings (SSSR count). The lowest BCUT2D eigenvalue weighted by Crippen LogP contribution is -3.07. The number of fused-ring (bicyclic) bond motifs is 4. The van der Waals surface area contributed by atoms with E-state index < -0.39 is 0 Å². The van der Waals surface area contributed by atoms with Crippen LogP contribution in [0.4, 0.5) is 0 Å². The zero-order valence-electron chi connectivity index (χ0n) is 19.0. The Morgan fingerprint density at radius 3 is 2.30 bits per heavy atom. The average molecular weight is 427 g/mol. The maximum Gasteiger partial charge on any atom is 0.269 e. The van der Waals surface area contributed by atoms with Gasteiger partial charge in [-0.25, -0.2) is 5.73 Å². The normalized spacial score (nSPS) is 48.6. The molecule has 1 saturated heterocycles. The lowest BCUT2D eigenvalue weighted by atomic mass is 9.64. The number of nitrogens with one attached hydrogen (secondary N) is 1. The van der Waals surface area contributed by atoms with Crippen molar-refractivity contribution in [1.29, 1.82) is 0 Å². The fraction of sp³-hybridized carbons (Fsp3) is 0.955. The smallest absolute Gasteiger partial charge is 0.269 e. The minimum Gasteiger partial charge on any atom is -0.379 e. The van der Waals surface area contributed by atoms with Gasteiger partial charge >= 0.3 is 0 Å². The van der Waals surface area contributed by atoms with Crippen molar-refractivity contribution in [1.82, 2.24) is 5.32 Å². The molecule has 8 nitrogen and oxygen atoms in total. The molecule has 4 fully saturated rings. The molecule has 30 heavy (non-hydrogen) atoms. The molecule has 1 aliphatic heterocycles. The molecule has 172 valence electrons. The number of hydrogen-bond donors (Lipinski definition) is 4. The zero-order chi connectivity index (χ0) is 21.4. The summed E-state index contributed by atoms with van der Waals surface area (Å²) in [6.07, 6.45) is 6.71. The van der Waals surface area contributed by atoms with Crippen LogP contribution in [-0.4, -0.2) is 70.0 Å². The molecule has 1 heterocycles. The molecule has 3 saturated carbocycles. The number of carbonyl (C=O) groups is 1. The van der Waals surface area contributed by atoms with Crippen LogP contribution < -0.4 is 21.7 Å². The fourth-order valence-corrected chi connectivity index (χ4v) is 7.56. The second kappa shape index (κ2) is 9.38. The molecule has 10 unspecified atom stereocenters. The number of quaternary nitrogens is 2. The van der Waals surface area contributed by atoms with E-state index in [-0.39, 0.29) is 36.6 Å². The van der Waals surface area contributed by atoms with E-state index in [1.807, 2.05) is 7.11 Å². The molecule has 4 aliphatic rings. The van der Waals surface area contributed by atoms with Gasteiger partial charge in [-0.1, -0.05) is 0 Å². The van der Waals surface area contributed by atoms with Crippen LogP contribution in [0.25, 0.3) is 0 Å². The molecule has 0 aromatic carbocycles. The number of nitrogens with two attached hydrogens (primary N) is 3. The third-order valence-electron chi connectivity index (χ3n) is 8.66. The van der Waals surface area contributed by atoms with Gasteiger partial charge in [-0.15, -0.1) is 0 Å². The van der Waals surface area contributed by atoms with E-state index in [1.54, 1.807) is 21.1 Å². The van der Waals surface area contributed by atoms with Crippen LogP contribution in [0.2, 0.25) is 0 Å². The van der Waals surface area contributed by atoms with E-state index in [0.717, 1.165) is 32.1 Å². The molecule has 11 atom stereocenters. The van der Waals surface area contributed by atoms with E-state index in [1.165, 1.54) is 6.42 Å². The van der Waals surface area contributed by atoms with Crippen molar-refractivity contribution in [3.63, 3.8) is 0 Å². The fourth-order valence-electron chi connectivity index (χ4n) is 7.56. The van der Waals surface area contributed by atoms with E-state index in [4.69, 9.17) is 19.9 Å².